The van der Waals surface area contributed by atoms with Crippen LogP contribution < -0.4 is 10.6 Å². The number of benzene rings is 1. The molecule has 20 heavy (non-hydrogen) atoms. The molecule has 1 aromatic carbocycles. The van der Waals surface area contributed by atoms with Crippen molar-refractivity contribution in [1.82, 2.24) is 0 Å². The molecule has 1 aliphatic carbocycles. The number of oxime groups is 1. The summed E-state index contributed by atoms with van der Waals surface area (Å²) in [6.45, 7) is 2.64. The van der Waals surface area contributed by atoms with Gasteiger partial charge >= 0.3 is 0 Å². The van der Waals surface area contributed by atoms with Crippen molar-refractivity contribution in [1.29, 1.82) is 0 Å². The lowest BCUT2D eigenvalue weighted by Crippen LogP contribution is -2.37. The number of aliphatic hydroxyl groups excluding tert-OH is 1. The predicted octanol–water partition coefficient (Wildman–Crippen LogP) is 1.83. The lowest BCUT2D eigenvalue weighted by molar-refractivity contribution is 0.297. The Morgan fingerprint density at radius 1 is 1.40 bits per heavy atom. The first-order valence-electron chi connectivity index (χ1n) is 7.13. The van der Waals surface area contributed by atoms with Gasteiger partial charge in [-0.2, -0.15) is 0 Å². The van der Waals surface area contributed by atoms with E-state index >= 15 is 0 Å². The van der Waals surface area contributed by atoms with Gasteiger partial charge in [0.25, 0.3) is 0 Å². The van der Waals surface area contributed by atoms with E-state index in [1.807, 2.05) is 25.1 Å². The molecule has 1 aliphatic rings. The van der Waals surface area contributed by atoms with Gasteiger partial charge < -0.3 is 20.9 Å². The monoisotopic (exact) mass is 277 g/mol. The van der Waals surface area contributed by atoms with E-state index in [0.717, 1.165) is 29.7 Å². The second-order valence-corrected chi connectivity index (χ2v) is 5.36. The average molecular weight is 277 g/mol. The summed E-state index contributed by atoms with van der Waals surface area (Å²) in [5, 5.41) is 21.5. The minimum atomic E-state index is 0.0972. The number of nitrogens with two attached hydrogens (primary N) is 1. The van der Waals surface area contributed by atoms with Gasteiger partial charge in [0.15, 0.2) is 5.84 Å². The van der Waals surface area contributed by atoms with Crippen molar-refractivity contribution in [2.24, 2.45) is 10.9 Å². The van der Waals surface area contributed by atoms with E-state index in [9.17, 15) is 5.11 Å². The number of hydrogen-bond donors (Lipinski definition) is 3. The molecule has 0 atom stereocenters. The van der Waals surface area contributed by atoms with Crippen LogP contribution in [0.2, 0.25) is 0 Å². The average Bonchev–Trinajstić information content (AvgIpc) is 2.98. The van der Waals surface area contributed by atoms with Crippen molar-refractivity contribution in [3.63, 3.8) is 0 Å². The first-order chi connectivity index (χ1) is 9.67. The second-order valence-electron chi connectivity index (χ2n) is 5.36. The van der Waals surface area contributed by atoms with Gasteiger partial charge in [0.1, 0.15) is 0 Å². The largest absolute Gasteiger partial charge is 0.409 e. The summed E-state index contributed by atoms with van der Waals surface area (Å²) in [5.74, 6) is 0.115. The van der Waals surface area contributed by atoms with Crippen molar-refractivity contribution >= 4 is 11.5 Å². The summed E-state index contributed by atoms with van der Waals surface area (Å²) >= 11 is 0. The van der Waals surface area contributed by atoms with E-state index < -0.39 is 0 Å². The van der Waals surface area contributed by atoms with Crippen LogP contribution in [-0.4, -0.2) is 35.3 Å². The Labute approximate surface area is 119 Å². The topological polar surface area (TPSA) is 82.1 Å². The van der Waals surface area contributed by atoms with Crippen LogP contribution >= 0.6 is 0 Å². The summed E-state index contributed by atoms with van der Waals surface area (Å²) in [7, 11) is 0. The standard InChI is InChI=1S/C15H23N3O2/c1-11-6-7-14(13(10-11)15(16)17-20)18(8-9-19)12-4-2-3-5-12/h6-7,10,12,19-20H,2-5,8-9H2,1H3,(H2,16,17). The lowest BCUT2D eigenvalue weighted by Gasteiger charge is -2.32. The van der Waals surface area contributed by atoms with Crippen molar-refractivity contribution in [3.05, 3.63) is 29.3 Å². The summed E-state index contributed by atoms with van der Waals surface area (Å²) < 4.78 is 0. The Balaban J connectivity index is 2.41. The Morgan fingerprint density at radius 3 is 2.70 bits per heavy atom. The maximum atomic E-state index is 9.35. The van der Waals surface area contributed by atoms with Gasteiger partial charge in [-0.25, -0.2) is 0 Å². The van der Waals surface area contributed by atoms with Crippen molar-refractivity contribution in [3.8, 4) is 0 Å². The zero-order valence-electron chi connectivity index (χ0n) is 11.9. The Kier molecular flexibility index (Phi) is 4.84. The third-order valence-corrected chi connectivity index (χ3v) is 3.95. The van der Waals surface area contributed by atoms with Crippen LogP contribution in [0.4, 0.5) is 5.69 Å². The van der Waals surface area contributed by atoms with E-state index in [-0.39, 0.29) is 12.4 Å². The second kappa shape index (κ2) is 6.61. The Morgan fingerprint density at radius 2 is 2.10 bits per heavy atom. The highest BCUT2D eigenvalue weighted by molar-refractivity contribution is 6.02. The van der Waals surface area contributed by atoms with Gasteiger partial charge in [-0.1, -0.05) is 29.6 Å². The number of hydrogen-bond acceptors (Lipinski definition) is 4. The maximum absolute atomic E-state index is 9.35. The smallest absolute Gasteiger partial charge is 0.172 e. The first kappa shape index (κ1) is 14.7. The maximum Gasteiger partial charge on any atom is 0.172 e. The molecule has 0 spiro atoms. The van der Waals surface area contributed by atoms with Crippen LogP contribution in [0.3, 0.4) is 0 Å². The fraction of sp³-hybridized carbons (Fsp3) is 0.533. The summed E-state index contributed by atoms with van der Waals surface area (Å²) in [4.78, 5) is 2.19. The molecule has 1 aromatic rings. The molecule has 2 rings (SSSR count). The Hall–Kier alpha value is -1.75. The zero-order valence-corrected chi connectivity index (χ0v) is 11.9. The molecule has 4 N–H and O–H groups in total. The quantitative estimate of drug-likeness (QED) is 0.332. The molecule has 110 valence electrons. The van der Waals surface area contributed by atoms with Crippen molar-refractivity contribution in [2.75, 3.05) is 18.1 Å². The number of aryl methyl sites for hydroxylation is 1. The molecular formula is C15H23N3O2. The fourth-order valence-corrected chi connectivity index (χ4v) is 2.98. The van der Waals surface area contributed by atoms with E-state index in [1.165, 1.54) is 12.8 Å². The molecule has 0 aliphatic heterocycles. The van der Waals surface area contributed by atoms with Gasteiger partial charge in [-0.3, -0.25) is 0 Å². The Bertz CT molecular complexity index is 482. The van der Waals surface area contributed by atoms with Crippen LogP contribution in [0, 0.1) is 6.92 Å². The highest BCUT2D eigenvalue weighted by Crippen LogP contribution is 2.30. The summed E-state index contributed by atoms with van der Waals surface area (Å²) in [6.07, 6.45) is 4.70. The molecule has 0 bridgehead atoms. The van der Waals surface area contributed by atoms with Gasteiger partial charge in [0, 0.05) is 23.8 Å². The molecule has 0 heterocycles. The highest BCUT2D eigenvalue weighted by Gasteiger charge is 2.25. The van der Waals surface area contributed by atoms with Gasteiger partial charge in [-0.05, 0) is 31.9 Å². The van der Waals surface area contributed by atoms with Gasteiger partial charge in [0.05, 0.1) is 6.61 Å². The molecule has 0 unspecified atom stereocenters. The van der Waals surface area contributed by atoms with E-state index in [0.29, 0.717) is 12.6 Å². The van der Waals surface area contributed by atoms with E-state index in [4.69, 9.17) is 10.9 Å². The number of anilines is 1. The van der Waals surface area contributed by atoms with Crippen LogP contribution in [0.25, 0.3) is 0 Å². The van der Waals surface area contributed by atoms with Crippen molar-refractivity contribution in [2.45, 2.75) is 38.6 Å². The third kappa shape index (κ3) is 3.04. The number of aliphatic hydroxyl groups is 1. The molecular weight excluding hydrogens is 254 g/mol. The van der Waals surface area contributed by atoms with Crippen LogP contribution in [0.1, 0.15) is 36.8 Å². The summed E-state index contributed by atoms with van der Waals surface area (Å²) in [6, 6.07) is 6.36. The highest BCUT2D eigenvalue weighted by atomic mass is 16.4. The number of amidine groups is 1. The molecule has 5 heteroatoms. The van der Waals surface area contributed by atoms with E-state index in [1.54, 1.807) is 0 Å². The van der Waals surface area contributed by atoms with Crippen LogP contribution in [-0.2, 0) is 0 Å². The molecule has 1 fully saturated rings. The number of rotatable bonds is 5. The minimum Gasteiger partial charge on any atom is -0.409 e. The minimum absolute atomic E-state index is 0.0972. The normalized spacial score (nSPS) is 16.6. The van der Waals surface area contributed by atoms with Gasteiger partial charge in [0.2, 0.25) is 0 Å². The molecule has 5 nitrogen and oxygen atoms in total. The molecule has 0 radical (unpaired) electrons. The molecule has 0 amide bonds. The van der Waals surface area contributed by atoms with Crippen LogP contribution in [0.5, 0.6) is 0 Å². The fourth-order valence-electron chi connectivity index (χ4n) is 2.98. The SMILES string of the molecule is Cc1ccc(N(CCO)C2CCCC2)c(/C(N)=N/O)c1. The van der Waals surface area contributed by atoms with Gasteiger partial charge in [-0.15, -0.1) is 0 Å². The van der Waals surface area contributed by atoms with Crippen molar-refractivity contribution < 1.29 is 10.3 Å². The third-order valence-electron chi connectivity index (χ3n) is 3.95. The predicted molar refractivity (Wildman–Crippen MR) is 80.4 cm³/mol. The lowest BCUT2D eigenvalue weighted by atomic mass is 10.0. The molecule has 0 saturated heterocycles. The first-order valence-corrected chi connectivity index (χ1v) is 7.13. The van der Waals surface area contributed by atoms with Crippen LogP contribution in [0.15, 0.2) is 23.4 Å². The molecule has 1 saturated carbocycles. The van der Waals surface area contributed by atoms with E-state index in [2.05, 4.69) is 10.1 Å². The summed E-state index contributed by atoms with van der Waals surface area (Å²) in [5.41, 5.74) is 8.53. The molecule has 0 aromatic heterocycles. The zero-order chi connectivity index (χ0) is 14.5. The number of nitrogens with zero attached hydrogens (tertiary/aromatic N) is 2.